The Labute approximate surface area is 106 Å². The largest absolute Gasteiger partial charge is 0.481 e. The van der Waals surface area contributed by atoms with Crippen molar-refractivity contribution in [2.24, 2.45) is 0 Å². The van der Waals surface area contributed by atoms with Crippen LogP contribution in [0.5, 0.6) is 0 Å². The van der Waals surface area contributed by atoms with Gasteiger partial charge in [-0.15, -0.1) is 0 Å². The van der Waals surface area contributed by atoms with Gasteiger partial charge < -0.3 is 20.1 Å². The van der Waals surface area contributed by atoms with Crippen LogP contribution in [-0.4, -0.2) is 53.3 Å². The number of rotatable bonds is 5. The molecule has 2 rings (SSSR count). The second-order valence-electron chi connectivity index (χ2n) is 4.99. The Balaban J connectivity index is 1.85. The van der Waals surface area contributed by atoms with Crippen LogP contribution in [0.3, 0.4) is 0 Å². The molecule has 1 saturated carbocycles. The number of carboxylic acids is 1. The Bertz CT molecular complexity index is 330. The van der Waals surface area contributed by atoms with Gasteiger partial charge in [0.05, 0.1) is 18.6 Å². The Kier molecular flexibility index (Phi) is 4.06. The average molecular weight is 256 g/mol. The van der Waals surface area contributed by atoms with Gasteiger partial charge in [-0.3, -0.25) is 4.79 Å². The lowest BCUT2D eigenvalue weighted by atomic mass is 10.1. The van der Waals surface area contributed by atoms with Gasteiger partial charge in [0.25, 0.3) is 0 Å². The van der Waals surface area contributed by atoms with E-state index in [1.807, 2.05) is 6.92 Å². The topological polar surface area (TPSA) is 78.9 Å². The van der Waals surface area contributed by atoms with Crippen molar-refractivity contribution >= 4 is 12.0 Å². The smallest absolute Gasteiger partial charge is 0.317 e. The van der Waals surface area contributed by atoms with Crippen LogP contribution in [0.25, 0.3) is 0 Å². The van der Waals surface area contributed by atoms with Gasteiger partial charge in [0, 0.05) is 19.2 Å². The summed E-state index contributed by atoms with van der Waals surface area (Å²) < 4.78 is 5.39. The number of nitrogens with zero attached hydrogens (tertiary/aromatic N) is 1. The number of ether oxygens (including phenoxy) is 1. The van der Waals surface area contributed by atoms with Gasteiger partial charge in [-0.1, -0.05) is 0 Å². The first-order valence-electron chi connectivity index (χ1n) is 6.48. The molecular weight excluding hydrogens is 236 g/mol. The predicted molar refractivity (Wildman–Crippen MR) is 64.3 cm³/mol. The molecule has 0 aromatic carbocycles. The molecule has 2 N–H and O–H groups in total. The number of carbonyl (C=O) groups excluding carboxylic acids is 1. The zero-order valence-corrected chi connectivity index (χ0v) is 10.6. The lowest BCUT2D eigenvalue weighted by Crippen LogP contribution is -2.48. The minimum Gasteiger partial charge on any atom is -0.481 e. The van der Waals surface area contributed by atoms with E-state index in [1.54, 1.807) is 4.90 Å². The Morgan fingerprint density at radius 1 is 1.39 bits per heavy atom. The molecule has 2 unspecified atom stereocenters. The number of carboxylic acid groups (broad SMARTS) is 1. The van der Waals surface area contributed by atoms with Crippen molar-refractivity contribution in [3.05, 3.63) is 0 Å². The highest BCUT2D eigenvalue weighted by Gasteiger charge is 2.35. The van der Waals surface area contributed by atoms with E-state index in [9.17, 15) is 9.59 Å². The van der Waals surface area contributed by atoms with E-state index >= 15 is 0 Å². The number of hydrogen-bond donors (Lipinski definition) is 2. The van der Waals surface area contributed by atoms with E-state index in [4.69, 9.17) is 9.84 Å². The lowest BCUT2D eigenvalue weighted by Gasteiger charge is -2.25. The van der Waals surface area contributed by atoms with Gasteiger partial charge in [-0.2, -0.15) is 0 Å². The minimum atomic E-state index is -0.869. The molecule has 1 saturated heterocycles. The lowest BCUT2D eigenvalue weighted by molar-refractivity contribution is -0.137. The van der Waals surface area contributed by atoms with Crippen LogP contribution in [0, 0.1) is 0 Å². The highest BCUT2D eigenvalue weighted by Crippen LogP contribution is 2.27. The van der Waals surface area contributed by atoms with Crippen molar-refractivity contribution in [2.75, 3.05) is 13.2 Å². The number of nitrogens with one attached hydrogen (secondary N) is 1. The van der Waals surface area contributed by atoms with Crippen LogP contribution in [0.4, 0.5) is 4.79 Å². The van der Waals surface area contributed by atoms with Gasteiger partial charge in [-0.05, 0) is 26.2 Å². The Hall–Kier alpha value is -1.30. The number of amides is 2. The zero-order chi connectivity index (χ0) is 13.1. The van der Waals surface area contributed by atoms with Crippen molar-refractivity contribution in [2.45, 2.75) is 50.8 Å². The van der Waals surface area contributed by atoms with E-state index in [0.717, 1.165) is 19.3 Å². The quantitative estimate of drug-likeness (QED) is 0.763. The summed E-state index contributed by atoms with van der Waals surface area (Å²) in [6, 6.07) is 0.117. The molecule has 6 heteroatoms. The third-order valence-electron chi connectivity index (χ3n) is 3.50. The van der Waals surface area contributed by atoms with Crippen LogP contribution >= 0.6 is 0 Å². The summed E-state index contributed by atoms with van der Waals surface area (Å²) in [4.78, 5) is 24.3. The fourth-order valence-electron chi connectivity index (χ4n) is 2.22. The fourth-order valence-corrected chi connectivity index (χ4v) is 2.22. The standard InChI is InChI=1S/C12H20N2O4/c1-8-10(5-7-18-8)13-12(17)14(9-2-3-9)6-4-11(15)16/h8-10H,2-7H2,1H3,(H,13,17)(H,15,16). The highest BCUT2D eigenvalue weighted by molar-refractivity contribution is 5.76. The zero-order valence-electron chi connectivity index (χ0n) is 10.6. The van der Waals surface area contributed by atoms with E-state index in [0.29, 0.717) is 6.61 Å². The van der Waals surface area contributed by atoms with Crippen LogP contribution in [0.15, 0.2) is 0 Å². The van der Waals surface area contributed by atoms with E-state index in [2.05, 4.69) is 5.32 Å². The normalized spacial score (nSPS) is 26.9. The molecule has 102 valence electrons. The first kappa shape index (κ1) is 13.1. The maximum Gasteiger partial charge on any atom is 0.317 e. The summed E-state index contributed by atoms with van der Waals surface area (Å²) >= 11 is 0. The first-order valence-corrected chi connectivity index (χ1v) is 6.48. The van der Waals surface area contributed by atoms with Crippen molar-refractivity contribution in [3.8, 4) is 0 Å². The maximum atomic E-state index is 12.1. The molecule has 2 fully saturated rings. The summed E-state index contributed by atoms with van der Waals surface area (Å²) in [7, 11) is 0. The van der Waals surface area contributed by atoms with Crippen molar-refractivity contribution < 1.29 is 19.4 Å². The molecule has 0 aromatic heterocycles. The second-order valence-corrected chi connectivity index (χ2v) is 4.99. The number of aliphatic carboxylic acids is 1. The van der Waals surface area contributed by atoms with Crippen LogP contribution in [0.2, 0.25) is 0 Å². The molecule has 0 spiro atoms. The molecule has 1 heterocycles. The SMILES string of the molecule is CC1OCCC1NC(=O)N(CCC(=O)O)C1CC1. The summed E-state index contributed by atoms with van der Waals surface area (Å²) in [5, 5.41) is 11.6. The minimum absolute atomic E-state index is 0.000635. The first-order chi connectivity index (χ1) is 8.58. The van der Waals surface area contributed by atoms with Gasteiger partial charge in [-0.25, -0.2) is 4.79 Å². The summed E-state index contributed by atoms with van der Waals surface area (Å²) in [6.45, 7) is 2.90. The Morgan fingerprint density at radius 3 is 2.61 bits per heavy atom. The molecule has 18 heavy (non-hydrogen) atoms. The summed E-state index contributed by atoms with van der Waals surface area (Å²) in [5.74, 6) is -0.869. The Morgan fingerprint density at radius 2 is 2.11 bits per heavy atom. The van der Waals surface area contributed by atoms with Crippen LogP contribution in [0.1, 0.15) is 32.6 Å². The number of carbonyl (C=O) groups is 2. The van der Waals surface area contributed by atoms with Gasteiger partial charge in [0.2, 0.25) is 0 Å². The van der Waals surface area contributed by atoms with Crippen molar-refractivity contribution in [3.63, 3.8) is 0 Å². The van der Waals surface area contributed by atoms with Crippen LogP contribution in [-0.2, 0) is 9.53 Å². The molecule has 2 amide bonds. The third-order valence-corrected chi connectivity index (χ3v) is 3.50. The molecule has 1 aliphatic heterocycles. The maximum absolute atomic E-state index is 12.1. The molecule has 2 aliphatic rings. The van der Waals surface area contributed by atoms with Gasteiger partial charge in [0.1, 0.15) is 0 Å². The summed E-state index contributed by atoms with van der Waals surface area (Å²) in [6.07, 6.45) is 2.81. The molecular formula is C12H20N2O4. The average Bonchev–Trinajstić information content (AvgIpc) is 3.05. The molecule has 6 nitrogen and oxygen atoms in total. The van der Waals surface area contributed by atoms with Gasteiger partial charge >= 0.3 is 12.0 Å². The monoisotopic (exact) mass is 256 g/mol. The molecule has 0 radical (unpaired) electrons. The van der Waals surface area contributed by atoms with Gasteiger partial charge in [0.15, 0.2) is 0 Å². The highest BCUT2D eigenvalue weighted by atomic mass is 16.5. The number of urea groups is 1. The van der Waals surface area contributed by atoms with Crippen LogP contribution < -0.4 is 5.32 Å². The van der Waals surface area contributed by atoms with Crippen molar-refractivity contribution in [1.82, 2.24) is 10.2 Å². The third kappa shape index (κ3) is 3.35. The molecule has 1 aliphatic carbocycles. The predicted octanol–water partition coefficient (Wildman–Crippen LogP) is 0.812. The van der Waals surface area contributed by atoms with E-state index in [1.165, 1.54) is 0 Å². The molecule has 0 aromatic rings. The van der Waals surface area contributed by atoms with E-state index < -0.39 is 5.97 Å². The summed E-state index contributed by atoms with van der Waals surface area (Å²) in [5.41, 5.74) is 0. The number of hydrogen-bond acceptors (Lipinski definition) is 3. The van der Waals surface area contributed by atoms with E-state index in [-0.39, 0.29) is 37.2 Å². The fraction of sp³-hybridized carbons (Fsp3) is 0.833. The molecule has 2 atom stereocenters. The second kappa shape index (κ2) is 5.56. The molecule has 0 bridgehead atoms. The van der Waals surface area contributed by atoms with Crippen molar-refractivity contribution in [1.29, 1.82) is 0 Å².